The molecule has 0 amide bonds. The summed E-state index contributed by atoms with van der Waals surface area (Å²) in [6, 6.07) is 11.3. The van der Waals surface area contributed by atoms with Crippen molar-refractivity contribution in [2.75, 3.05) is 18.8 Å². The van der Waals surface area contributed by atoms with E-state index in [9.17, 15) is 18.0 Å². The fourth-order valence-corrected chi connectivity index (χ4v) is 6.54. The number of hydrogen-bond acceptors (Lipinski definition) is 5. The van der Waals surface area contributed by atoms with Gasteiger partial charge in [-0.1, -0.05) is 6.42 Å². The molecule has 2 saturated heterocycles. The van der Waals surface area contributed by atoms with E-state index in [2.05, 4.69) is 9.64 Å². The third-order valence-corrected chi connectivity index (χ3v) is 8.15. The van der Waals surface area contributed by atoms with E-state index in [1.165, 1.54) is 44.4 Å². The quantitative estimate of drug-likeness (QED) is 0.414. The summed E-state index contributed by atoms with van der Waals surface area (Å²) >= 11 is 1.56. The lowest BCUT2D eigenvalue weighted by atomic mass is 9.89. The Bertz CT molecular complexity index is 1170. The van der Waals surface area contributed by atoms with Crippen LogP contribution < -0.4 is 10.5 Å². The van der Waals surface area contributed by atoms with Crippen LogP contribution in [0.2, 0.25) is 0 Å². The fourth-order valence-electron chi connectivity index (χ4n) is 5.50. The summed E-state index contributed by atoms with van der Waals surface area (Å²) in [5.41, 5.74) is 8.47. The number of piperidine rings is 1. The Kier molecular flexibility index (Phi) is 6.29. The zero-order chi connectivity index (χ0) is 23.9. The molecular formula is C26H27F3N2O2S. The first-order chi connectivity index (χ1) is 16.3. The van der Waals surface area contributed by atoms with Crippen LogP contribution in [0.4, 0.5) is 18.2 Å². The molecule has 2 unspecified atom stereocenters. The number of benzene rings is 2. The number of thiophene rings is 1. The van der Waals surface area contributed by atoms with Crippen LogP contribution in [0.5, 0.6) is 5.75 Å². The molecule has 180 valence electrons. The van der Waals surface area contributed by atoms with Crippen LogP contribution in [0.1, 0.15) is 65.9 Å². The zero-order valence-corrected chi connectivity index (χ0v) is 19.6. The Hall–Kier alpha value is -2.58. The highest BCUT2D eigenvalue weighted by atomic mass is 32.1. The molecule has 4 nitrogen and oxygen atoms in total. The molecule has 1 aromatic heterocycles. The first kappa shape index (κ1) is 23.2. The second-order valence-corrected chi connectivity index (χ2v) is 10.3. The van der Waals surface area contributed by atoms with Gasteiger partial charge in [0.05, 0.1) is 5.00 Å². The molecule has 2 fully saturated rings. The molecule has 0 radical (unpaired) electrons. The molecule has 34 heavy (non-hydrogen) atoms. The second-order valence-electron chi connectivity index (χ2n) is 9.24. The molecule has 0 bridgehead atoms. The minimum atomic E-state index is -4.77. The molecule has 0 aliphatic carbocycles. The van der Waals surface area contributed by atoms with E-state index in [0.29, 0.717) is 23.1 Å². The molecular weight excluding hydrogens is 461 g/mol. The van der Waals surface area contributed by atoms with E-state index in [1.54, 1.807) is 17.4 Å². The monoisotopic (exact) mass is 488 g/mol. The highest BCUT2D eigenvalue weighted by molar-refractivity contribution is 7.22. The number of carbonyl (C=O) groups is 1. The summed E-state index contributed by atoms with van der Waals surface area (Å²) in [6.45, 7) is 2.26. The average Bonchev–Trinajstić information content (AvgIpc) is 2.99. The topological polar surface area (TPSA) is 55.6 Å². The van der Waals surface area contributed by atoms with E-state index >= 15 is 0 Å². The van der Waals surface area contributed by atoms with Crippen molar-refractivity contribution in [1.82, 2.24) is 4.90 Å². The van der Waals surface area contributed by atoms with Gasteiger partial charge in [0.1, 0.15) is 5.75 Å². The van der Waals surface area contributed by atoms with Gasteiger partial charge in [0.2, 0.25) is 0 Å². The Morgan fingerprint density at radius 2 is 1.74 bits per heavy atom. The van der Waals surface area contributed by atoms with Crippen molar-refractivity contribution in [3.63, 3.8) is 0 Å². The average molecular weight is 489 g/mol. The van der Waals surface area contributed by atoms with Crippen molar-refractivity contribution in [3.05, 3.63) is 59.2 Å². The Labute approximate surface area is 200 Å². The number of fused-ring (bicyclic) bond motifs is 2. The van der Waals surface area contributed by atoms with E-state index in [-0.39, 0.29) is 11.5 Å². The second kappa shape index (κ2) is 9.23. The summed E-state index contributed by atoms with van der Waals surface area (Å²) < 4.78 is 42.2. The van der Waals surface area contributed by atoms with Gasteiger partial charge in [-0.25, -0.2) is 0 Å². The fraction of sp³-hybridized carbons (Fsp3) is 0.423. The van der Waals surface area contributed by atoms with Crippen LogP contribution in [0.3, 0.4) is 0 Å². The van der Waals surface area contributed by atoms with E-state index in [4.69, 9.17) is 5.73 Å². The van der Waals surface area contributed by atoms with Gasteiger partial charge >= 0.3 is 6.36 Å². The molecule has 2 atom stereocenters. The van der Waals surface area contributed by atoms with E-state index < -0.39 is 6.36 Å². The Morgan fingerprint density at radius 1 is 0.971 bits per heavy atom. The van der Waals surface area contributed by atoms with Crippen LogP contribution in [0.15, 0.2) is 42.5 Å². The lowest BCUT2D eigenvalue weighted by Gasteiger charge is -2.33. The number of ether oxygens (including phenoxy) is 1. The van der Waals surface area contributed by atoms with Gasteiger partial charge in [-0.15, -0.1) is 24.5 Å². The predicted molar refractivity (Wildman–Crippen MR) is 129 cm³/mol. The van der Waals surface area contributed by atoms with Crippen molar-refractivity contribution in [1.29, 1.82) is 0 Å². The summed E-state index contributed by atoms with van der Waals surface area (Å²) in [6.07, 6.45) is 2.42. The van der Waals surface area contributed by atoms with E-state index in [1.807, 2.05) is 12.1 Å². The van der Waals surface area contributed by atoms with Gasteiger partial charge < -0.3 is 15.4 Å². The molecule has 5 rings (SSSR count). The minimum Gasteiger partial charge on any atom is -0.406 e. The molecule has 0 saturated carbocycles. The summed E-state index contributed by atoms with van der Waals surface area (Å²) in [4.78, 5) is 15.7. The third-order valence-electron chi connectivity index (χ3n) is 7.14. The van der Waals surface area contributed by atoms with Gasteiger partial charge in [-0.05, 0) is 105 Å². The molecule has 2 N–H and O–H groups in total. The third kappa shape index (κ3) is 4.79. The van der Waals surface area contributed by atoms with Crippen molar-refractivity contribution < 1.29 is 22.7 Å². The smallest absolute Gasteiger partial charge is 0.406 e. The first-order valence-electron chi connectivity index (χ1n) is 11.7. The van der Waals surface area contributed by atoms with Gasteiger partial charge in [-0.2, -0.15) is 0 Å². The van der Waals surface area contributed by atoms with Gasteiger partial charge in [0, 0.05) is 21.9 Å². The van der Waals surface area contributed by atoms with Crippen molar-refractivity contribution in [2.24, 2.45) is 0 Å². The summed E-state index contributed by atoms with van der Waals surface area (Å²) in [5.74, 6) is -0.227. The maximum Gasteiger partial charge on any atom is 0.573 e. The van der Waals surface area contributed by atoms with Crippen molar-refractivity contribution >= 4 is 32.2 Å². The number of rotatable bonds is 4. The van der Waals surface area contributed by atoms with Crippen LogP contribution in [-0.2, 0) is 0 Å². The van der Waals surface area contributed by atoms with Crippen LogP contribution in [0.25, 0.3) is 10.1 Å². The van der Waals surface area contributed by atoms with Gasteiger partial charge in [0.15, 0.2) is 5.78 Å². The molecule has 0 spiro atoms. The van der Waals surface area contributed by atoms with E-state index in [0.717, 1.165) is 52.2 Å². The summed E-state index contributed by atoms with van der Waals surface area (Å²) in [5, 5.41) is 1.84. The van der Waals surface area contributed by atoms with Gasteiger partial charge in [0.25, 0.3) is 0 Å². The molecule has 2 aliphatic rings. The Morgan fingerprint density at radius 3 is 2.50 bits per heavy atom. The maximum absolute atomic E-state index is 13.1. The molecule has 3 heterocycles. The lowest BCUT2D eigenvalue weighted by molar-refractivity contribution is -0.274. The number of alkyl halides is 3. The number of nitrogens with zero attached hydrogens (tertiary/aromatic N) is 1. The van der Waals surface area contributed by atoms with Crippen molar-refractivity contribution in [2.45, 2.75) is 56.8 Å². The molecule has 2 aromatic carbocycles. The number of halogens is 3. The number of nitrogen functional groups attached to an aromatic ring is 1. The largest absolute Gasteiger partial charge is 0.573 e. The number of nitrogens with two attached hydrogens (primary N) is 1. The highest BCUT2D eigenvalue weighted by Gasteiger charge is 2.32. The number of anilines is 1. The van der Waals surface area contributed by atoms with Crippen LogP contribution in [-0.4, -0.2) is 36.2 Å². The standard InChI is InChI=1S/C26H27F3N2O2S/c27-26(28,29)33-20-9-5-17(6-10-20)24(32)18-7-11-22-21(15-18)23(25(30)34-22)16-4-8-19-3-1-2-13-31(19)14-12-16/h5-7,9-11,15-16,19H,1-4,8,12-14,30H2. The first-order valence-corrected chi connectivity index (χ1v) is 12.6. The summed E-state index contributed by atoms with van der Waals surface area (Å²) in [7, 11) is 0. The Balaban J connectivity index is 1.41. The highest BCUT2D eigenvalue weighted by Crippen LogP contribution is 2.44. The molecule has 3 aromatic rings. The van der Waals surface area contributed by atoms with Crippen LogP contribution in [0, 0.1) is 0 Å². The van der Waals surface area contributed by atoms with Gasteiger partial charge in [-0.3, -0.25) is 4.79 Å². The maximum atomic E-state index is 13.1. The predicted octanol–water partition coefficient (Wildman–Crippen LogP) is 6.74. The number of ketones is 1. The van der Waals surface area contributed by atoms with Crippen LogP contribution >= 0.6 is 11.3 Å². The zero-order valence-electron chi connectivity index (χ0n) is 18.7. The van der Waals surface area contributed by atoms with Crippen molar-refractivity contribution in [3.8, 4) is 5.75 Å². The molecule has 8 heteroatoms. The lowest BCUT2D eigenvalue weighted by Crippen LogP contribution is -2.38. The number of hydrogen-bond donors (Lipinski definition) is 1. The minimum absolute atomic E-state index is 0.242. The normalized spacial score (nSPS) is 21.7. The number of carbonyl (C=O) groups excluding carboxylic acids is 1. The molecule has 2 aliphatic heterocycles. The SMILES string of the molecule is Nc1sc2ccc(C(=O)c3ccc(OC(F)(F)F)cc3)cc2c1C1CCC2CCCCN2CC1.